The Morgan fingerprint density at radius 2 is 1.09 bits per heavy atom. The van der Waals surface area contributed by atoms with Crippen molar-refractivity contribution in [3.05, 3.63) is 72.9 Å². The van der Waals surface area contributed by atoms with E-state index in [1.54, 1.807) is 34.1 Å². The van der Waals surface area contributed by atoms with Crippen LogP contribution in [0.15, 0.2) is 48.5 Å². The average Bonchev–Trinajstić information content (AvgIpc) is 3.15. The third-order valence-corrected chi connectivity index (χ3v) is 8.91. The average molecular weight is 928 g/mol. The predicted molar refractivity (Wildman–Crippen MR) is 201 cm³/mol. The Morgan fingerprint density at radius 1 is 0.679 bits per heavy atom. The molecule has 4 N–H and O–H groups in total. The Kier molecular flexibility index (Phi) is 29.0. The topological polar surface area (TPSA) is 222 Å². The van der Waals surface area contributed by atoms with E-state index in [1.165, 1.54) is 6.47 Å². The third-order valence-electron chi connectivity index (χ3n) is 8.91. The van der Waals surface area contributed by atoms with Crippen molar-refractivity contribution in [2.75, 3.05) is 86.3 Å². The number of hydrogen-bond donors (Lipinski definition) is 4. The minimum Gasteiger partial charge on any atom is -0.759 e. The molecule has 0 heterocycles. The van der Waals surface area contributed by atoms with Crippen LogP contribution >= 0.6 is 0 Å². The summed E-state index contributed by atoms with van der Waals surface area (Å²) in [6, 6.07) is 14.0. The standard InChI is InChI=1S/C36H56B2N5O12.Gd/c1-39(25-31-9-3-5-13-35(31)37(47)48)15-7-11-33(45)27-42(22-24-55-52)19-17-41(21-23-54-51)18-20-43(29-53-30-44)28-34(46)12-8-16-40(2)26-32-10-4-6-14-36(32)38(49)50;/h3-6,9-10,13-14,23-24,47-52H,7-8,11-12,15-22,25-29H2,1-2H3;/q-3;+2/p-2. The number of Topliss-reactive ketones (excluding diaryl/α,β-unsaturated/α-hetero) is 2. The molecule has 0 aliphatic rings. The number of benzene rings is 2. The van der Waals surface area contributed by atoms with Gasteiger partial charge < -0.3 is 69.5 Å². The van der Waals surface area contributed by atoms with E-state index < -0.39 is 14.2 Å². The Hall–Kier alpha value is -1.82. The van der Waals surface area contributed by atoms with E-state index in [0.717, 1.165) is 24.3 Å². The van der Waals surface area contributed by atoms with Crippen molar-refractivity contribution in [1.82, 2.24) is 24.5 Å². The molecule has 0 unspecified atom stereocenters. The molecule has 0 amide bonds. The first-order valence-electron chi connectivity index (χ1n) is 18.1. The summed E-state index contributed by atoms with van der Waals surface area (Å²) in [5, 5.41) is 60.1. The fraction of sp³-hybridized carbons (Fsp3) is 0.528. The van der Waals surface area contributed by atoms with Crippen LogP contribution in [0.1, 0.15) is 36.8 Å². The van der Waals surface area contributed by atoms with Crippen molar-refractivity contribution >= 4 is 43.2 Å². The summed E-state index contributed by atoms with van der Waals surface area (Å²) >= 11 is 0. The summed E-state index contributed by atoms with van der Waals surface area (Å²) in [6.45, 7) is 6.98. The maximum absolute atomic E-state index is 12.9. The van der Waals surface area contributed by atoms with E-state index in [-0.39, 0.29) is 104 Å². The molecule has 312 valence electrons. The molecule has 0 saturated heterocycles. The fourth-order valence-corrected chi connectivity index (χ4v) is 6.02. The van der Waals surface area contributed by atoms with E-state index in [1.807, 2.05) is 53.1 Å². The van der Waals surface area contributed by atoms with Gasteiger partial charge in [-0.05, 0) is 62.1 Å². The molecule has 0 bridgehead atoms. The zero-order valence-electron chi connectivity index (χ0n) is 32.1. The van der Waals surface area contributed by atoms with Gasteiger partial charge in [0.15, 0.2) is 0 Å². The number of ketones is 2. The minimum absolute atomic E-state index is 0. The zero-order valence-corrected chi connectivity index (χ0v) is 34.4. The smallest absolute Gasteiger partial charge is 0.759 e. The maximum atomic E-state index is 12.9. The van der Waals surface area contributed by atoms with Gasteiger partial charge in [0.1, 0.15) is 18.3 Å². The van der Waals surface area contributed by atoms with Gasteiger partial charge in [0.2, 0.25) is 0 Å². The number of hydrogen-bond acceptors (Lipinski definition) is 17. The normalized spacial score (nSPS) is 11.4. The van der Waals surface area contributed by atoms with Crippen molar-refractivity contribution in [2.45, 2.75) is 38.8 Å². The molecule has 0 fully saturated rings. The van der Waals surface area contributed by atoms with Gasteiger partial charge >= 0.3 is 54.2 Å². The Labute approximate surface area is 362 Å². The number of nitrogens with zero attached hydrogens (tertiary/aromatic N) is 5. The van der Waals surface area contributed by atoms with Gasteiger partial charge in [-0.1, -0.05) is 55.0 Å². The molecule has 56 heavy (non-hydrogen) atoms. The summed E-state index contributed by atoms with van der Waals surface area (Å²) in [5.41, 5.74) is 2.41. The first-order valence-corrected chi connectivity index (χ1v) is 18.1. The molecule has 20 heteroatoms. The van der Waals surface area contributed by atoms with Crippen LogP contribution in [-0.4, -0.2) is 163 Å². The summed E-state index contributed by atoms with van der Waals surface area (Å²) in [7, 11) is 0.602. The molecule has 2 aromatic rings. The van der Waals surface area contributed by atoms with Crippen molar-refractivity contribution in [3.63, 3.8) is 0 Å². The molecule has 0 atom stereocenters. The molecular weight excluding hydrogens is 873 g/mol. The van der Waals surface area contributed by atoms with E-state index in [2.05, 4.69) is 9.78 Å². The summed E-state index contributed by atoms with van der Waals surface area (Å²) in [6.07, 6.45) is 1.65. The Bertz CT molecular complexity index is 1390. The summed E-state index contributed by atoms with van der Waals surface area (Å²) in [5.74, 6) is -0.125. The molecule has 0 radical (unpaired) electrons. The van der Waals surface area contributed by atoms with Crippen molar-refractivity contribution in [1.29, 1.82) is 0 Å². The second kappa shape index (κ2) is 31.2. The second-order valence-electron chi connectivity index (χ2n) is 13.4. The molecule has 0 aliphatic heterocycles. The number of carbonyl (C=O) groups is 2. The van der Waals surface area contributed by atoms with Crippen molar-refractivity contribution < 1.29 is 99.4 Å². The maximum Gasteiger partial charge on any atom is 2.00 e. The van der Waals surface area contributed by atoms with Crippen LogP contribution in [0.3, 0.4) is 0 Å². The largest absolute Gasteiger partial charge is 2.00 e. The van der Waals surface area contributed by atoms with Gasteiger partial charge in [-0.3, -0.25) is 14.5 Å². The monoisotopic (exact) mass is 928 g/mol. The van der Waals surface area contributed by atoms with Crippen LogP contribution in [0.25, 0.3) is 0 Å². The van der Waals surface area contributed by atoms with Gasteiger partial charge in [-0.15, -0.1) is 13.1 Å². The number of ether oxygens (including phenoxy) is 1. The molecule has 0 spiro atoms. The van der Waals surface area contributed by atoms with Gasteiger partial charge in [0.25, 0.3) is 0 Å². The summed E-state index contributed by atoms with van der Waals surface area (Å²) < 4.78 is 4.83. The molecule has 2 rings (SSSR count). The first kappa shape index (κ1) is 52.2. The second-order valence-corrected chi connectivity index (χ2v) is 13.4. The van der Waals surface area contributed by atoms with Crippen LogP contribution in [0.5, 0.6) is 0 Å². The SMILES string of the molecule is CN(CCCC(=O)CN(C[CH-]O[O-])CCN(C[CH-]O[O-])CCN(CO[C-]=O)CC(=O)CCCN(C)Cc1ccccc1B(O)O)Cc1ccccc1B(O)O.[Gd+2]. The predicted octanol–water partition coefficient (Wildman–Crippen LogP) is -3.84. The van der Waals surface area contributed by atoms with E-state index in [9.17, 15) is 45.0 Å². The third kappa shape index (κ3) is 22.4. The van der Waals surface area contributed by atoms with Gasteiger partial charge in [-0.25, -0.2) is 13.2 Å². The van der Waals surface area contributed by atoms with E-state index >= 15 is 0 Å². The molecule has 0 aliphatic carbocycles. The zero-order chi connectivity index (χ0) is 40.4. The molecular formula is C36H54B2GdN5O12-3. The Balaban J connectivity index is 0.0000157. The molecule has 17 nitrogen and oxygen atoms in total. The van der Waals surface area contributed by atoms with Crippen LogP contribution in [-0.2, 0) is 42.0 Å². The van der Waals surface area contributed by atoms with Gasteiger partial charge in [0.05, 0.1) is 13.1 Å². The Morgan fingerprint density at radius 3 is 1.54 bits per heavy atom. The van der Waals surface area contributed by atoms with E-state index in [4.69, 9.17) is 4.74 Å². The minimum atomic E-state index is -1.58. The fourth-order valence-electron chi connectivity index (χ4n) is 6.02. The van der Waals surface area contributed by atoms with Gasteiger partial charge in [-0.2, -0.15) is 0 Å². The van der Waals surface area contributed by atoms with Crippen LogP contribution < -0.4 is 21.4 Å². The van der Waals surface area contributed by atoms with Crippen molar-refractivity contribution in [3.8, 4) is 0 Å². The molecule has 0 saturated carbocycles. The quantitative estimate of drug-likeness (QED) is 0.0177. The van der Waals surface area contributed by atoms with E-state index in [0.29, 0.717) is 69.6 Å². The van der Waals surface area contributed by atoms with Crippen LogP contribution in [0.2, 0.25) is 0 Å². The van der Waals surface area contributed by atoms with Crippen LogP contribution in [0.4, 0.5) is 0 Å². The summed E-state index contributed by atoms with van der Waals surface area (Å²) in [4.78, 5) is 53.7. The number of rotatable bonds is 33. The van der Waals surface area contributed by atoms with Crippen molar-refractivity contribution in [2.24, 2.45) is 0 Å². The number of carbonyl (C=O) groups excluding carboxylic acids is 3. The van der Waals surface area contributed by atoms with Gasteiger partial charge in [0, 0.05) is 52.1 Å². The molecule has 0 aromatic heterocycles. The van der Waals surface area contributed by atoms with Crippen LogP contribution in [0, 0.1) is 53.2 Å². The molecule has 2 aromatic carbocycles. The first-order chi connectivity index (χ1) is 26.5.